The molecule has 3 nitrogen and oxygen atoms in total. The summed E-state index contributed by atoms with van der Waals surface area (Å²) in [5, 5.41) is 0.301. The third-order valence-corrected chi connectivity index (χ3v) is 2.08. The molecule has 0 spiro atoms. The number of nitrogens with two attached hydrogens (primary N) is 1. The number of nitrogens with zero attached hydrogens (tertiary/aromatic N) is 2. The standard InChI is InChI=1S/C9H13ClFN3/c1-2-14(4-3-12)9-8(11)5-7(10)6-13-9/h5-6H,2-4,12H2,1H3. The summed E-state index contributed by atoms with van der Waals surface area (Å²) in [5.41, 5.74) is 5.40. The maximum absolute atomic E-state index is 13.4. The first-order valence-corrected chi connectivity index (χ1v) is 4.83. The van der Waals surface area contributed by atoms with Crippen molar-refractivity contribution < 1.29 is 4.39 Å². The quantitative estimate of drug-likeness (QED) is 0.834. The van der Waals surface area contributed by atoms with E-state index in [1.54, 1.807) is 4.90 Å². The second-order valence-electron chi connectivity index (χ2n) is 2.83. The Bertz CT molecular complexity index is 306. The van der Waals surface area contributed by atoms with Crippen LogP contribution in [0.3, 0.4) is 0 Å². The summed E-state index contributed by atoms with van der Waals surface area (Å²) in [5.74, 6) is -0.102. The van der Waals surface area contributed by atoms with Gasteiger partial charge < -0.3 is 10.6 Å². The fourth-order valence-electron chi connectivity index (χ4n) is 1.21. The Morgan fingerprint density at radius 2 is 2.36 bits per heavy atom. The number of likely N-dealkylation sites (N-methyl/N-ethyl adjacent to an activating group) is 1. The van der Waals surface area contributed by atoms with Gasteiger partial charge in [-0.05, 0) is 13.0 Å². The number of hydrogen-bond donors (Lipinski definition) is 1. The van der Waals surface area contributed by atoms with Crippen molar-refractivity contribution in [1.82, 2.24) is 4.98 Å². The van der Waals surface area contributed by atoms with Gasteiger partial charge in [-0.3, -0.25) is 0 Å². The van der Waals surface area contributed by atoms with Crippen molar-refractivity contribution in [1.29, 1.82) is 0 Å². The largest absolute Gasteiger partial charge is 0.353 e. The summed E-state index contributed by atoms with van der Waals surface area (Å²) in [6.07, 6.45) is 1.43. The lowest BCUT2D eigenvalue weighted by molar-refractivity contribution is 0.610. The Morgan fingerprint density at radius 3 is 2.86 bits per heavy atom. The summed E-state index contributed by atoms with van der Waals surface area (Å²) in [6, 6.07) is 1.25. The Hall–Kier alpha value is -0.870. The molecule has 0 atom stereocenters. The zero-order valence-corrected chi connectivity index (χ0v) is 8.76. The first kappa shape index (κ1) is 11.2. The fourth-order valence-corrected chi connectivity index (χ4v) is 1.35. The number of halogens is 2. The highest BCUT2D eigenvalue weighted by Crippen LogP contribution is 2.18. The van der Waals surface area contributed by atoms with Crippen molar-refractivity contribution in [3.05, 3.63) is 23.1 Å². The van der Waals surface area contributed by atoms with Crippen LogP contribution in [0.2, 0.25) is 5.02 Å². The van der Waals surface area contributed by atoms with Gasteiger partial charge in [0.15, 0.2) is 11.6 Å². The molecule has 78 valence electrons. The van der Waals surface area contributed by atoms with Crippen molar-refractivity contribution in [3.8, 4) is 0 Å². The third kappa shape index (κ3) is 2.56. The Kier molecular flexibility index (Phi) is 4.10. The van der Waals surface area contributed by atoms with Crippen molar-refractivity contribution >= 4 is 17.4 Å². The monoisotopic (exact) mass is 217 g/mol. The molecule has 14 heavy (non-hydrogen) atoms. The number of rotatable bonds is 4. The van der Waals surface area contributed by atoms with E-state index in [9.17, 15) is 4.39 Å². The molecule has 5 heteroatoms. The molecule has 0 radical (unpaired) electrons. The summed E-state index contributed by atoms with van der Waals surface area (Å²) in [7, 11) is 0. The van der Waals surface area contributed by atoms with Crippen LogP contribution in [-0.2, 0) is 0 Å². The van der Waals surface area contributed by atoms with Gasteiger partial charge in [-0.1, -0.05) is 11.6 Å². The van der Waals surface area contributed by atoms with Crippen LogP contribution < -0.4 is 10.6 Å². The van der Waals surface area contributed by atoms with Gasteiger partial charge in [0.25, 0.3) is 0 Å². The van der Waals surface area contributed by atoms with E-state index in [1.165, 1.54) is 12.3 Å². The van der Waals surface area contributed by atoms with Crippen LogP contribution in [0.4, 0.5) is 10.2 Å². The average molecular weight is 218 g/mol. The number of hydrogen-bond acceptors (Lipinski definition) is 3. The minimum absolute atomic E-state index is 0.301. The van der Waals surface area contributed by atoms with Crippen LogP contribution in [0.25, 0.3) is 0 Å². The highest BCUT2D eigenvalue weighted by atomic mass is 35.5. The van der Waals surface area contributed by atoms with Gasteiger partial charge in [0.05, 0.1) is 5.02 Å². The molecule has 0 aliphatic rings. The van der Waals surface area contributed by atoms with Gasteiger partial charge in [0, 0.05) is 25.8 Å². The lowest BCUT2D eigenvalue weighted by atomic mass is 10.4. The lowest BCUT2D eigenvalue weighted by Gasteiger charge is -2.21. The highest BCUT2D eigenvalue weighted by Gasteiger charge is 2.10. The third-order valence-electron chi connectivity index (χ3n) is 1.87. The Labute approximate surface area is 87.7 Å². The lowest BCUT2D eigenvalue weighted by Crippen LogP contribution is -2.30. The summed E-state index contributed by atoms with van der Waals surface area (Å²) < 4.78 is 13.4. The van der Waals surface area contributed by atoms with Crippen molar-refractivity contribution in [3.63, 3.8) is 0 Å². The molecule has 1 aromatic rings. The highest BCUT2D eigenvalue weighted by molar-refractivity contribution is 6.30. The molecule has 0 aliphatic heterocycles. The molecular formula is C9H13ClFN3. The van der Waals surface area contributed by atoms with E-state index in [2.05, 4.69) is 4.98 Å². The van der Waals surface area contributed by atoms with Crippen LogP contribution in [-0.4, -0.2) is 24.6 Å². The van der Waals surface area contributed by atoms with Gasteiger partial charge in [0.1, 0.15) is 0 Å². The molecule has 0 bridgehead atoms. The van der Waals surface area contributed by atoms with Gasteiger partial charge in [-0.2, -0.15) is 0 Å². The first-order chi connectivity index (χ1) is 6.69. The molecule has 0 fully saturated rings. The minimum atomic E-state index is -0.409. The van der Waals surface area contributed by atoms with Crippen molar-refractivity contribution in [2.24, 2.45) is 5.73 Å². The van der Waals surface area contributed by atoms with E-state index in [1.807, 2.05) is 6.92 Å². The van der Waals surface area contributed by atoms with Gasteiger partial charge in [0.2, 0.25) is 0 Å². The fraction of sp³-hybridized carbons (Fsp3) is 0.444. The van der Waals surface area contributed by atoms with Crippen LogP contribution in [0.1, 0.15) is 6.92 Å². The van der Waals surface area contributed by atoms with Crippen molar-refractivity contribution in [2.45, 2.75) is 6.92 Å². The predicted molar refractivity (Wildman–Crippen MR) is 56.1 cm³/mol. The minimum Gasteiger partial charge on any atom is -0.353 e. The molecule has 0 saturated heterocycles. The molecule has 0 saturated carbocycles. The zero-order valence-electron chi connectivity index (χ0n) is 8.00. The number of pyridine rings is 1. The van der Waals surface area contributed by atoms with Crippen LogP contribution in [0.5, 0.6) is 0 Å². The molecule has 0 aliphatic carbocycles. The molecule has 1 rings (SSSR count). The van der Waals surface area contributed by atoms with Crippen LogP contribution in [0, 0.1) is 5.82 Å². The summed E-state index contributed by atoms with van der Waals surface area (Å²) >= 11 is 5.60. The predicted octanol–water partition coefficient (Wildman–Crippen LogP) is 1.66. The normalized spacial score (nSPS) is 10.3. The molecule has 0 aromatic carbocycles. The van der Waals surface area contributed by atoms with E-state index < -0.39 is 5.82 Å². The Balaban J connectivity index is 2.92. The first-order valence-electron chi connectivity index (χ1n) is 4.45. The van der Waals surface area contributed by atoms with E-state index in [4.69, 9.17) is 17.3 Å². The van der Waals surface area contributed by atoms with Crippen molar-refractivity contribution in [2.75, 3.05) is 24.5 Å². The molecule has 1 aromatic heterocycles. The zero-order chi connectivity index (χ0) is 10.6. The molecular weight excluding hydrogens is 205 g/mol. The number of aromatic nitrogens is 1. The SMILES string of the molecule is CCN(CCN)c1ncc(Cl)cc1F. The molecule has 0 amide bonds. The van der Waals surface area contributed by atoms with Gasteiger partial charge in [-0.25, -0.2) is 9.37 Å². The van der Waals surface area contributed by atoms with Crippen LogP contribution in [0.15, 0.2) is 12.3 Å². The van der Waals surface area contributed by atoms with E-state index in [-0.39, 0.29) is 0 Å². The maximum atomic E-state index is 13.4. The summed E-state index contributed by atoms with van der Waals surface area (Å²) in [6.45, 7) is 3.65. The topological polar surface area (TPSA) is 42.1 Å². The molecule has 0 unspecified atom stereocenters. The summed E-state index contributed by atoms with van der Waals surface area (Å²) in [4.78, 5) is 5.70. The van der Waals surface area contributed by atoms with Gasteiger partial charge >= 0.3 is 0 Å². The smallest absolute Gasteiger partial charge is 0.167 e. The van der Waals surface area contributed by atoms with Crippen LogP contribution >= 0.6 is 11.6 Å². The van der Waals surface area contributed by atoms with E-state index in [0.717, 1.165) is 0 Å². The van der Waals surface area contributed by atoms with Gasteiger partial charge in [-0.15, -0.1) is 0 Å². The molecule has 2 N–H and O–H groups in total. The second kappa shape index (κ2) is 5.12. The Morgan fingerprint density at radius 1 is 1.64 bits per heavy atom. The van der Waals surface area contributed by atoms with E-state index >= 15 is 0 Å². The second-order valence-corrected chi connectivity index (χ2v) is 3.26. The molecule has 1 heterocycles. The number of anilines is 1. The van der Waals surface area contributed by atoms with E-state index in [0.29, 0.717) is 30.5 Å². The average Bonchev–Trinajstić information content (AvgIpc) is 2.15. The maximum Gasteiger partial charge on any atom is 0.167 e.